The van der Waals surface area contributed by atoms with E-state index in [0.29, 0.717) is 11.1 Å². The fraction of sp³-hybridized carbons (Fsp3) is 0.111. The van der Waals surface area contributed by atoms with Gasteiger partial charge in [-0.15, -0.1) is 0 Å². The number of hydrogen-bond donors (Lipinski definition) is 1. The Labute approximate surface area is 127 Å². The maximum atomic E-state index is 12.5. The third-order valence-corrected chi connectivity index (χ3v) is 3.81. The van der Waals surface area contributed by atoms with Crippen LogP contribution in [0, 0.1) is 0 Å². The van der Waals surface area contributed by atoms with Crippen LogP contribution >= 0.6 is 0 Å². The van der Waals surface area contributed by atoms with E-state index in [1.165, 1.54) is 4.57 Å². The number of rotatable bonds is 3. The van der Waals surface area contributed by atoms with Crippen LogP contribution in [0.15, 0.2) is 59.4 Å². The number of carboxylic acid groups (broad SMARTS) is 1. The number of aromatic nitrogens is 1. The molecule has 0 spiro atoms. The molecule has 1 heterocycles. The van der Waals surface area contributed by atoms with E-state index in [1.54, 1.807) is 13.1 Å². The highest BCUT2D eigenvalue weighted by Gasteiger charge is 2.17. The predicted octanol–water partition coefficient (Wildman–Crippen LogP) is 2.83. The third-order valence-electron chi connectivity index (χ3n) is 3.81. The molecule has 0 saturated heterocycles. The normalized spacial score (nSPS) is 10.8. The standard InChI is InChI=1S/C18H15NO3/c1-19-15(11-16(20)21)17(12-7-3-2-4-8-12)13-9-5-6-10-14(13)18(19)22/h2-10H,11H2,1H3,(H,20,21). The molecule has 1 N–H and O–H groups in total. The Bertz CT molecular complexity index is 911. The molecule has 22 heavy (non-hydrogen) atoms. The van der Waals surface area contributed by atoms with Crippen molar-refractivity contribution in [1.82, 2.24) is 4.57 Å². The fourth-order valence-electron chi connectivity index (χ4n) is 2.79. The van der Waals surface area contributed by atoms with Crippen LogP contribution in [0.2, 0.25) is 0 Å². The van der Waals surface area contributed by atoms with Crippen LogP contribution in [0.4, 0.5) is 0 Å². The second-order valence-corrected chi connectivity index (χ2v) is 5.17. The molecule has 110 valence electrons. The Morgan fingerprint density at radius 1 is 1.00 bits per heavy atom. The minimum Gasteiger partial charge on any atom is -0.481 e. The van der Waals surface area contributed by atoms with Crippen molar-refractivity contribution in [2.45, 2.75) is 6.42 Å². The van der Waals surface area contributed by atoms with Gasteiger partial charge in [-0.3, -0.25) is 9.59 Å². The smallest absolute Gasteiger partial charge is 0.309 e. The van der Waals surface area contributed by atoms with Gasteiger partial charge in [0.1, 0.15) is 0 Å². The number of carbonyl (C=O) groups is 1. The largest absolute Gasteiger partial charge is 0.481 e. The van der Waals surface area contributed by atoms with E-state index in [4.69, 9.17) is 0 Å². The molecule has 4 heteroatoms. The van der Waals surface area contributed by atoms with Crippen molar-refractivity contribution in [1.29, 1.82) is 0 Å². The summed E-state index contributed by atoms with van der Waals surface area (Å²) in [7, 11) is 1.62. The number of benzene rings is 2. The van der Waals surface area contributed by atoms with Crippen LogP contribution < -0.4 is 5.56 Å². The first-order valence-corrected chi connectivity index (χ1v) is 6.97. The van der Waals surface area contributed by atoms with Gasteiger partial charge in [-0.1, -0.05) is 48.5 Å². The predicted molar refractivity (Wildman–Crippen MR) is 86.0 cm³/mol. The van der Waals surface area contributed by atoms with Crippen molar-refractivity contribution in [3.8, 4) is 11.1 Å². The topological polar surface area (TPSA) is 59.3 Å². The highest BCUT2D eigenvalue weighted by molar-refractivity contribution is 5.98. The summed E-state index contributed by atoms with van der Waals surface area (Å²) in [6, 6.07) is 16.9. The van der Waals surface area contributed by atoms with Crippen molar-refractivity contribution >= 4 is 16.7 Å². The summed E-state index contributed by atoms with van der Waals surface area (Å²) in [4.78, 5) is 23.7. The molecule has 0 radical (unpaired) electrons. The summed E-state index contributed by atoms with van der Waals surface area (Å²) in [6.07, 6.45) is -0.194. The van der Waals surface area contributed by atoms with Crippen molar-refractivity contribution in [2.24, 2.45) is 7.05 Å². The van der Waals surface area contributed by atoms with Crippen LogP contribution in [0.1, 0.15) is 5.69 Å². The first-order chi connectivity index (χ1) is 10.6. The lowest BCUT2D eigenvalue weighted by Gasteiger charge is -2.16. The maximum absolute atomic E-state index is 12.5. The molecule has 0 unspecified atom stereocenters. The molecule has 2 aromatic carbocycles. The monoisotopic (exact) mass is 293 g/mol. The van der Waals surface area contributed by atoms with Crippen LogP contribution in [-0.2, 0) is 18.3 Å². The van der Waals surface area contributed by atoms with Gasteiger partial charge in [0.05, 0.1) is 6.42 Å². The first-order valence-electron chi connectivity index (χ1n) is 6.97. The van der Waals surface area contributed by atoms with Crippen LogP contribution in [0.5, 0.6) is 0 Å². The van der Waals surface area contributed by atoms with Crippen molar-refractivity contribution in [3.05, 3.63) is 70.6 Å². The summed E-state index contributed by atoms with van der Waals surface area (Å²) in [5.74, 6) is -0.956. The van der Waals surface area contributed by atoms with E-state index in [0.717, 1.165) is 16.5 Å². The van der Waals surface area contributed by atoms with Crippen LogP contribution in [-0.4, -0.2) is 15.6 Å². The van der Waals surface area contributed by atoms with E-state index in [-0.39, 0.29) is 12.0 Å². The number of hydrogen-bond acceptors (Lipinski definition) is 2. The van der Waals surface area contributed by atoms with Crippen LogP contribution in [0.3, 0.4) is 0 Å². The highest BCUT2D eigenvalue weighted by Crippen LogP contribution is 2.30. The average Bonchev–Trinajstić information content (AvgIpc) is 2.53. The lowest BCUT2D eigenvalue weighted by atomic mass is 9.95. The first kappa shape index (κ1) is 14.1. The van der Waals surface area contributed by atoms with E-state index in [2.05, 4.69) is 0 Å². The summed E-state index contributed by atoms with van der Waals surface area (Å²) in [5.41, 5.74) is 2.06. The van der Waals surface area contributed by atoms with E-state index >= 15 is 0 Å². The zero-order valence-electron chi connectivity index (χ0n) is 12.1. The lowest BCUT2D eigenvalue weighted by molar-refractivity contribution is -0.136. The number of carboxylic acids is 1. The molecule has 0 bridgehead atoms. The SMILES string of the molecule is Cn1c(CC(=O)O)c(-c2ccccc2)c2ccccc2c1=O. The van der Waals surface area contributed by atoms with Gasteiger partial charge in [0, 0.05) is 23.7 Å². The van der Waals surface area contributed by atoms with Gasteiger partial charge in [0.15, 0.2) is 0 Å². The van der Waals surface area contributed by atoms with Gasteiger partial charge < -0.3 is 9.67 Å². The van der Waals surface area contributed by atoms with Crippen molar-refractivity contribution in [3.63, 3.8) is 0 Å². The Morgan fingerprint density at radius 3 is 2.23 bits per heavy atom. The molecule has 3 rings (SSSR count). The molecule has 3 aromatic rings. The molecule has 0 aliphatic heterocycles. The van der Waals surface area contributed by atoms with E-state index < -0.39 is 5.97 Å². The molecule has 0 fully saturated rings. The quantitative estimate of drug-likeness (QED) is 0.807. The van der Waals surface area contributed by atoms with Crippen molar-refractivity contribution in [2.75, 3.05) is 0 Å². The summed E-state index contributed by atoms with van der Waals surface area (Å²) < 4.78 is 1.44. The molecule has 0 aliphatic rings. The number of nitrogens with zero attached hydrogens (tertiary/aromatic N) is 1. The maximum Gasteiger partial charge on any atom is 0.309 e. The second-order valence-electron chi connectivity index (χ2n) is 5.17. The molecule has 1 aromatic heterocycles. The average molecular weight is 293 g/mol. The number of pyridine rings is 1. The molecule has 0 aliphatic carbocycles. The lowest BCUT2D eigenvalue weighted by Crippen LogP contribution is -2.23. The van der Waals surface area contributed by atoms with Gasteiger partial charge in [-0.25, -0.2) is 0 Å². The highest BCUT2D eigenvalue weighted by atomic mass is 16.4. The van der Waals surface area contributed by atoms with E-state index in [1.807, 2.05) is 48.5 Å². The Hall–Kier alpha value is -2.88. The third kappa shape index (κ3) is 2.29. The Balaban J connectivity index is 2.48. The molecular formula is C18H15NO3. The zero-order chi connectivity index (χ0) is 15.7. The number of aliphatic carboxylic acids is 1. The second kappa shape index (κ2) is 5.48. The minimum atomic E-state index is -0.956. The summed E-state index contributed by atoms with van der Waals surface area (Å²) >= 11 is 0. The van der Waals surface area contributed by atoms with Gasteiger partial charge in [0.25, 0.3) is 5.56 Å². The zero-order valence-corrected chi connectivity index (χ0v) is 12.1. The van der Waals surface area contributed by atoms with Gasteiger partial charge in [-0.05, 0) is 17.0 Å². The van der Waals surface area contributed by atoms with Gasteiger partial charge in [-0.2, -0.15) is 0 Å². The summed E-state index contributed by atoms with van der Waals surface area (Å²) in [5, 5.41) is 10.6. The molecule has 4 nitrogen and oxygen atoms in total. The molecule has 0 atom stereocenters. The fourth-order valence-corrected chi connectivity index (χ4v) is 2.79. The molecular weight excluding hydrogens is 278 g/mol. The van der Waals surface area contributed by atoms with Crippen LogP contribution in [0.25, 0.3) is 21.9 Å². The van der Waals surface area contributed by atoms with Gasteiger partial charge in [0.2, 0.25) is 0 Å². The minimum absolute atomic E-state index is 0.175. The molecule has 0 amide bonds. The molecule has 0 saturated carbocycles. The Morgan fingerprint density at radius 2 is 1.59 bits per heavy atom. The Kier molecular flexibility index (Phi) is 3.51. The summed E-state index contributed by atoms with van der Waals surface area (Å²) in [6.45, 7) is 0. The van der Waals surface area contributed by atoms with E-state index in [9.17, 15) is 14.7 Å². The number of fused-ring (bicyclic) bond motifs is 1. The van der Waals surface area contributed by atoms with Crippen molar-refractivity contribution < 1.29 is 9.90 Å². The van der Waals surface area contributed by atoms with Gasteiger partial charge >= 0.3 is 5.97 Å².